The Morgan fingerprint density at radius 3 is 2.23 bits per heavy atom. The molecule has 0 aliphatic carbocycles. The number of carbonyl (C=O) groups excluding carboxylic acids is 1. The zero-order valence-electron chi connectivity index (χ0n) is 21.7. The summed E-state index contributed by atoms with van der Waals surface area (Å²) in [5, 5.41) is 6.03. The van der Waals surface area contributed by atoms with E-state index in [2.05, 4.69) is 21.0 Å². The molecule has 1 amide bonds. The van der Waals surface area contributed by atoms with Gasteiger partial charge in [0.15, 0.2) is 11.5 Å². The van der Waals surface area contributed by atoms with Gasteiger partial charge in [0.2, 0.25) is 0 Å². The van der Waals surface area contributed by atoms with Crippen LogP contribution in [-0.4, -0.2) is 26.6 Å². The Labute approximate surface area is 241 Å². The first-order valence-corrected chi connectivity index (χ1v) is 14.7. The van der Waals surface area contributed by atoms with Crippen molar-refractivity contribution in [3.63, 3.8) is 0 Å². The highest BCUT2D eigenvalue weighted by Gasteiger charge is 2.32. The number of benzene rings is 4. The Hall–Kier alpha value is -4.21. The number of ether oxygens (including phenoxy) is 1. The number of amides is 1. The Kier molecular flexibility index (Phi) is 7.86. The van der Waals surface area contributed by atoms with E-state index in [0.717, 1.165) is 11.1 Å². The summed E-state index contributed by atoms with van der Waals surface area (Å²) in [5.74, 6) is -0.0606. The summed E-state index contributed by atoms with van der Waals surface area (Å²) in [5.41, 5.74) is 3.85. The van der Waals surface area contributed by atoms with Crippen molar-refractivity contribution in [3.05, 3.63) is 124 Å². The standard InChI is InChI=1S/C31H25BrN2O5S/c1-3-38-28-20-22(19-27(32)30(28)39-40(36,37)25-16-14-21(2)15-17-25)18-26-29(23-10-6-4-7-11-23)33-34(31(26)35)24-12-8-5-9-13-24/h4-20H,3H2,1-2H3/b26-18-. The van der Waals surface area contributed by atoms with Crippen LogP contribution >= 0.6 is 15.9 Å². The SMILES string of the molecule is CCOc1cc(/C=C2\C(=O)N(c3ccccc3)N=C2c2ccccc2)cc(Br)c1OS(=O)(=O)c1ccc(C)cc1. The lowest BCUT2D eigenvalue weighted by Crippen LogP contribution is -2.21. The van der Waals surface area contributed by atoms with Gasteiger partial charge in [0, 0.05) is 5.56 Å². The summed E-state index contributed by atoms with van der Waals surface area (Å²) in [6.45, 7) is 3.93. The second kappa shape index (κ2) is 11.5. The largest absolute Gasteiger partial charge is 0.490 e. The zero-order valence-corrected chi connectivity index (χ0v) is 24.1. The second-order valence-corrected chi connectivity index (χ2v) is 11.3. The third-order valence-electron chi connectivity index (χ3n) is 6.07. The van der Waals surface area contributed by atoms with Crippen LogP contribution in [0.5, 0.6) is 11.5 Å². The van der Waals surface area contributed by atoms with Gasteiger partial charge < -0.3 is 8.92 Å². The number of hydrazone groups is 1. The van der Waals surface area contributed by atoms with Crippen LogP contribution in [0.3, 0.4) is 0 Å². The highest BCUT2D eigenvalue weighted by Crippen LogP contribution is 2.40. The zero-order chi connectivity index (χ0) is 28.3. The molecule has 40 heavy (non-hydrogen) atoms. The molecule has 0 unspecified atom stereocenters. The Bertz CT molecular complexity index is 1720. The maximum atomic E-state index is 13.6. The van der Waals surface area contributed by atoms with Gasteiger partial charge in [0.1, 0.15) is 10.6 Å². The molecule has 202 valence electrons. The smallest absolute Gasteiger partial charge is 0.339 e. The first-order chi connectivity index (χ1) is 19.3. The predicted molar refractivity (Wildman–Crippen MR) is 159 cm³/mol. The highest BCUT2D eigenvalue weighted by molar-refractivity contribution is 9.10. The van der Waals surface area contributed by atoms with Gasteiger partial charge in [-0.1, -0.05) is 66.2 Å². The maximum Gasteiger partial charge on any atom is 0.339 e. The third kappa shape index (κ3) is 5.71. The first-order valence-electron chi connectivity index (χ1n) is 12.5. The van der Waals surface area contributed by atoms with Crippen LogP contribution in [0.4, 0.5) is 5.69 Å². The molecule has 0 bridgehead atoms. The molecule has 7 nitrogen and oxygen atoms in total. The van der Waals surface area contributed by atoms with E-state index in [-0.39, 0.29) is 28.9 Å². The topological polar surface area (TPSA) is 85.3 Å². The van der Waals surface area contributed by atoms with Crippen LogP contribution in [0.2, 0.25) is 0 Å². The Morgan fingerprint density at radius 1 is 0.925 bits per heavy atom. The van der Waals surface area contributed by atoms with Crippen molar-refractivity contribution in [2.45, 2.75) is 18.7 Å². The van der Waals surface area contributed by atoms with E-state index in [9.17, 15) is 13.2 Å². The number of anilines is 1. The number of hydrogen-bond donors (Lipinski definition) is 0. The lowest BCUT2D eigenvalue weighted by atomic mass is 10.00. The normalized spacial score (nSPS) is 14.4. The van der Waals surface area contributed by atoms with E-state index in [1.54, 1.807) is 37.3 Å². The van der Waals surface area contributed by atoms with E-state index >= 15 is 0 Å². The molecule has 0 fully saturated rings. The van der Waals surface area contributed by atoms with Crippen molar-refractivity contribution in [3.8, 4) is 11.5 Å². The maximum absolute atomic E-state index is 13.6. The minimum atomic E-state index is -4.13. The molecule has 1 aliphatic heterocycles. The average Bonchev–Trinajstić information content (AvgIpc) is 3.27. The highest BCUT2D eigenvalue weighted by atomic mass is 79.9. The molecule has 9 heteroatoms. The number of nitrogens with zero attached hydrogens (tertiary/aromatic N) is 2. The molecule has 0 saturated carbocycles. The summed E-state index contributed by atoms with van der Waals surface area (Å²) in [4.78, 5) is 13.6. The van der Waals surface area contributed by atoms with E-state index in [4.69, 9.17) is 8.92 Å². The molecule has 5 rings (SSSR count). The summed E-state index contributed by atoms with van der Waals surface area (Å²) in [6.07, 6.45) is 1.71. The summed E-state index contributed by atoms with van der Waals surface area (Å²) in [6, 6.07) is 28.4. The van der Waals surface area contributed by atoms with Crippen LogP contribution in [-0.2, 0) is 14.9 Å². The number of para-hydroxylation sites is 1. The molecule has 4 aromatic rings. The van der Waals surface area contributed by atoms with Crippen LogP contribution in [0.1, 0.15) is 23.6 Å². The minimum Gasteiger partial charge on any atom is -0.490 e. The average molecular weight is 618 g/mol. The van der Waals surface area contributed by atoms with E-state index in [0.29, 0.717) is 27.0 Å². The molecule has 0 aromatic heterocycles. The molecule has 1 aliphatic rings. The van der Waals surface area contributed by atoms with E-state index in [1.807, 2.05) is 67.6 Å². The fourth-order valence-corrected chi connectivity index (χ4v) is 5.75. The van der Waals surface area contributed by atoms with E-state index < -0.39 is 10.1 Å². The molecular formula is C31H25BrN2O5S. The lowest BCUT2D eigenvalue weighted by molar-refractivity contribution is -0.114. The molecular weight excluding hydrogens is 592 g/mol. The van der Waals surface area contributed by atoms with Gasteiger partial charge >= 0.3 is 10.1 Å². The van der Waals surface area contributed by atoms with Crippen molar-refractivity contribution < 1.29 is 22.1 Å². The molecule has 0 spiro atoms. The van der Waals surface area contributed by atoms with Gasteiger partial charge in [-0.05, 0) is 77.8 Å². The van der Waals surface area contributed by atoms with Crippen molar-refractivity contribution in [2.75, 3.05) is 11.6 Å². The van der Waals surface area contributed by atoms with Crippen molar-refractivity contribution >= 4 is 49.4 Å². The van der Waals surface area contributed by atoms with Crippen molar-refractivity contribution in [2.24, 2.45) is 5.10 Å². The summed E-state index contributed by atoms with van der Waals surface area (Å²) in [7, 11) is -4.13. The number of carbonyl (C=O) groups is 1. The molecule has 1 heterocycles. The number of aryl methyl sites for hydroxylation is 1. The van der Waals surface area contributed by atoms with Gasteiger partial charge in [-0.15, -0.1) is 0 Å². The fraction of sp³-hybridized carbons (Fsp3) is 0.0968. The number of hydrogen-bond acceptors (Lipinski definition) is 6. The van der Waals surface area contributed by atoms with Gasteiger partial charge in [-0.2, -0.15) is 18.5 Å². The first kappa shape index (κ1) is 27.4. The monoisotopic (exact) mass is 616 g/mol. The van der Waals surface area contributed by atoms with Crippen molar-refractivity contribution in [1.82, 2.24) is 0 Å². The molecule has 0 radical (unpaired) electrons. The molecule has 4 aromatic carbocycles. The molecule has 0 saturated heterocycles. The predicted octanol–water partition coefficient (Wildman–Crippen LogP) is 6.76. The minimum absolute atomic E-state index is 0.0187. The Morgan fingerprint density at radius 2 is 1.57 bits per heavy atom. The number of rotatable bonds is 8. The molecule has 0 atom stereocenters. The lowest BCUT2D eigenvalue weighted by Gasteiger charge is -2.15. The number of halogens is 1. The summed E-state index contributed by atoms with van der Waals surface area (Å²) >= 11 is 3.45. The second-order valence-electron chi connectivity index (χ2n) is 8.94. The van der Waals surface area contributed by atoms with Crippen LogP contribution < -0.4 is 13.9 Å². The fourth-order valence-electron chi connectivity index (χ4n) is 4.14. The summed E-state index contributed by atoms with van der Waals surface area (Å²) < 4.78 is 37.7. The quantitative estimate of drug-likeness (QED) is 0.161. The van der Waals surface area contributed by atoms with Crippen LogP contribution in [0, 0.1) is 6.92 Å². The molecule has 0 N–H and O–H groups in total. The van der Waals surface area contributed by atoms with Crippen LogP contribution in [0.25, 0.3) is 6.08 Å². The van der Waals surface area contributed by atoms with Gasteiger partial charge in [0.05, 0.1) is 22.3 Å². The van der Waals surface area contributed by atoms with Gasteiger partial charge in [-0.3, -0.25) is 4.79 Å². The van der Waals surface area contributed by atoms with Crippen molar-refractivity contribution in [1.29, 1.82) is 0 Å². The third-order valence-corrected chi connectivity index (χ3v) is 7.90. The Balaban J connectivity index is 1.56. The van der Waals surface area contributed by atoms with Gasteiger partial charge in [-0.25, -0.2) is 0 Å². The van der Waals surface area contributed by atoms with Crippen LogP contribution in [0.15, 0.2) is 117 Å². The van der Waals surface area contributed by atoms with Gasteiger partial charge in [0.25, 0.3) is 5.91 Å². The van der Waals surface area contributed by atoms with E-state index in [1.165, 1.54) is 17.1 Å².